The van der Waals surface area contributed by atoms with Crippen LogP contribution in [-0.2, 0) is 0 Å². The first-order valence-electron chi connectivity index (χ1n) is 11.8. The molecule has 1 fully saturated rings. The predicted molar refractivity (Wildman–Crippen MR) is 121 cm³/mol. The van der Waals surface area contributed by atoms with E-state index < -0.39 is 5.82 Å². The third-order valence-corrected chi connectivity index (χ3v) is 7.16. The standard InChI is InChI=1S/C27H30F2O2/c1-2-5-17-8-10-19(11-9-17)20-12-13-21-22-14-15-23(30-16-18-6-3-4-7-18)25(29)27(22)31-26(21)24(20)28/h10,12-15,17-18H,2-9,11,16H2,1H3. The van der Waals surface area contributed by atoms with Gasteiger partial charge in [-0.15, -0.1) is 0 Å². The van der Waals surface area contributed by atoms with Gasteiger partial charge in [0, 0.05) is 16.3 Å². The molecular weight excluding hydrogens is 394 g/mol. The van der Waals surface area contributed by atoms with E-state index in [1.54, 1.807) is 12.1 Å². The number of rotatable bonds is 6. The minimum atomic E-state index is -0.535. The molecule has 2 aliphatic rings. The maximum Gasteiger partial charge on any atom is 0.208 e. The van der Waals surface area contributed by atoms with E-state index in [1.807, 2.05) is 12.1 Å². The van der Waals surface area contributed by atoms with Crippen LogP contribution >= 0.6 is 0 Å². The van der Waals surface area contributed by atoms with Gasteiger partial charge in [-0.05, 0) is 67.7 Å². The SMILES string of the molecule is CCCC1CC=C(c2ccc3c(oc4c(F)c(OCC5CCCC5)ccc43)c2F)CC1. The molecule has 2 aliphatic carbocycles. The van der Waals surface area contributed by atoms with Gasteiger partial charge in [-0.2, -0.15) is 4.39 Å². The summed E-state index contributed by atoms with van der Waals surface area (Å²) < 4.78 is 42.1. The van der Waals surface area contributed by atoms with Crippen molar-refractivity contribution in [3.63, 3.8) is 0 Å². The van der Waals surface area contributed by atoms with Gasteiger partial charge in [-0.1, -0.05) is 44.7 Å². The summed E-state index contributed by atoms with van der Waals surface area (Å²) in [5.41, 5.74) is 1.83. The van der Waals surface area contributed by atoms with E-state index >= 15 is 8.78 Å². The van der Waals surface area contributed by atoms with Gasteiger partial charge in [0.15, 0.2) is 22.7 Å². The molecule has 0 bridgehead atoms. The first kappa shape index (κ1) is 20.5. The molecule has 0 N–H and O–H groups in total. The summed E-state index contributed by atoms with van der Waals surface area (Å²) in [7, 11) is 0. The molecule has 4 heteroatoms. The summed E-state index contributed by atoms with van der Waals surface area (Å²) in [6.45, 7) is 2.73. The lowest BCUT2D eigenvalue weighted by atomic mass is 9.84. The molecule has 164 valence electrons. The molecule has 0 radical (unpaired) electrons. The Morgan fingerprint density at radius 3 is 2.39 bits per heavy atom. The van der Waals surface area contributed by atoms with Crippen LogP contribution in [0.3, 0.4) is 0 Å². The Hall–Kier alpha value is -2.36. The van der Waals surface area contributed by atoms with Crippen LogP contribution in [-0.4, -0.2) is 6.61 Å². The maximum absolute atomic E-state index is 15.4. The normalized spacial score (nSPS) is 20.0. The molecule has 1 atom stereocenters. The third-order valence-electron chi connectivity index (χ3n) is 7.16. The van der Waals surface area contributed by atoms with Crippen LogP contribution < -0.4 is 4.74 Å². The van der Waals surface area contributed by atoms with Gasteiger partial charge in [-0.25, -0.2) is 4.39 Å². The van der Waals surface area contributed by atoms with E-state index in [4.69, 9.17) is 9.15 Å². The molecule has 31 heavy (non-hydrogen) atoms. The van der Waals surface area contributed by atoms with Crippen LogP contribution in [0.2, 0.25) is 0 Å². The minimum Gasteiger partial charge on any atom is -0.490 e. The fourth-order valence-corrected chi connectivity index (χ4v) is 5.37. The Bertz CT molecular complexity index is 1120. The van der Waals surface area contributed by atoms with Crippen molar-refractivity contribution in [1.82, 2.24) is 0 Å². The van der Waals surface area contributed by atoms with Crippen molar-refractivity contribution in [3.8, 4) is 5.75 Å². The van der Waals surface area contributed by atoms with E-state index in [-0.39, 0.29) is 22.7 Å². The lowest BCUT2D eigenvalue weighted by molar-refractivity contribution is 0.242. The van der Waals surface area contributed by atoms with Crippen LogP contribution in [0.25, 0.3) is 27.5 Å². The van der Waals surface area contributed by atoms with Gasteiger partial charge in [-0.3, -0.25) is 0 Å². The molecule has 0 aliphatic heterocycles. The Balaban J connectivity index is 1.46. The first-order valence-corrected chi connectivity index (χ1v) is 11.8. The second-order valence-corrected chi connectivity index (χ2v) is 9.28. The van der Waals surface area contributed by atoms with Crippen LogP contribution in [0.1, 0.15) is 70.3 Å². The summed E-state index contributed by atoms with van der Waals surface area (Å²) in [6, 6.07) is 7.10. The molecule has 2 aromatic carbocycles. The molecule has 0 amide bonds. The van der Waals surface area contributed by atoms with E-state index in [1.165, 1.54) is 25.7 Å². The highest BCUT2D eigenvalue weighted by atomic mass is 19.1. The number of hydrogen-bond donors (Lipinski definition) is 0. The second-order valence-electron chi connectivity index (χ2n) is 9.28. The zero-order valence-electron chi connectivity index (χ0n) is 18.2. The molecule has 1 heterocycles. The van der Waals surface area contributed by atoms with Crippen LogP contribution in [0.5, 0.6) is 5.75 Å². The Labute approximate surface area is 182 Å². The summed E-state index contributed by atoms with van der Waals surface area (Å²) in [5, 5.41) is 1.20. The molecule has 0 spiro atoms. The van der Waals surface area contributed by atoms with Crippen molar-refractivity contribution in [1.29, 1.82) is 0 Å². The molecule has 0 saturated heterocycles. The Kier molecular flexibility index (Phi) is 5.73. The topological polar surface area (TPSA) is 22.4 Å². The number of benzene rings is 2. The molecule has 2 nitrogen and oxygen atoms in total. The van der Waals surface area contributed by atoms with Crippen LogP contribution in [0.15, 0.2) is 34.8 Å². The average molecular weight is 425 g/mol. The van der Waals surface area contributed by atoms with E-state index in [9.17, 15) is 0 Å². The molecular formula is C27H30F2O2. The number of allylic oxidation sites excluding steroid dienone is 2. The fraction of sp³-hybridized carbons (Fsp3) is 0.481. The number of hydrogen-bond acceptors (Lipinski definition) is 2. The number of ether oxygens (including phenoxy) is 1. The van der Waals surface area contributed by atoms with Gasteiger partial charge < -0.3 is 9.15 Å². The van der Waals surface area contributed by atoms with E-state index in [0.717, 1.165) is 37.7 Å². The predicted octanol–water partition coefficient (Wildman–Crippen LogP) is 8.42. The van der Waals surface area contributed by atoms with Gasteiger partial charge in [0.2, 0.25) is 5.82 Å². The van der Waals surface area contributed by atoms with Crippen molar-refractivity contribution in [2.75, 3.05) is 6.61 Å². The Morgan fingerprint density at radius 2 is 1.68 bits per heavy atom. The molecule has 5 rings (SSSR count). The zero-order valence-corrected chi connectivity index (χ0v) is 18.2. The third kappa shape index (κ3) is 3.86. The van der Waals surface area contributed by atoms with Crippen molar-refractivity contribution in [2.45, 2.75) is 64.7 Å². The van der Waals surface area contributed by atoms with Gasteiger partial charge in [0.1, 0.15) is 0 Å². The van der Waals surface area contributed by atoms with Gasteiger partial charge >= 0.3 is 0 Å². The molecule has 1 saturated carbocycles. The summed E-state index contributed by atoms with van der Waals surface area (Å²) in [5.74, 6) is 0.458. The molecule has 3 aromatic rings. The first-order chi connectivity index (χ1) is 15.2. The van der Waals surface area contributed by atoms with Crippen LogP contribution in [0.4, 0.5) is 8.78 Å². The minimum absolute atomic E-state index is 0.0793. The largest absolute Gasteiger partial charge is 0.490 e. The highest BCUT2D eigenvalue weighted by Crippen LogP contribution is 2.40. The molecule has 1 aromatic heterocycles. The number of fused-ring (bicyclic) bond motifs is 3. The summed E-state index contributed by atoms with van der Waals surface area (Å²) in [4.78, 5) is 0. The zero-order chi connectivity index (χ0) is 21.4. The summed E-state index contributed by atoms with van der Waals surface area (Å²) >= 11 is 0. The monoisotopic (exact) mass is 424 g/mol. The van der Waals surface area contributed by atoms with Crippen molar-refractivity contribution >= 4 is 27.5 Å². The second kappa shape index (κ2) is 8.64. The lowest BCUT2D eigenvalue weighted by Crippen LogP contribution is -2.08. The van der Waals surface area contributed by atoms with Gasteiger partial charge in [0.05, 0.1) is 6.61 Å². The van der Waals surface area contributed by atoms with Crippen molar-refractivity contribution < 1.29 is 17.9 Å². The quantitative estimate of drug-likeness (QED) is 0.396. The highest BCUT2D eigenvalue weighted by molar-refractivity contribution is 6.06. The highest BCUT2D eigenvalue weighted by Gasteiger charge is 2.23. The van der Waals surface area contributed by atoms with E-state index in [0.29, 0.717) is 34.8 Å². The number of furan rings is 1. The Morgan fingerprint density at radius 1 is 0.935 bits per heavy atom. The smallest absolute Gasteiger partial charge is 0.208 e. The van der Waals surface area contributed by atoms with Crippen molar-refractivity contribution in [3.05, 3.63) is 47.5 Å². The fourth-order valence-electron chi connectivity index (χ4n) is 5.37. The molecule has 1 unspecified atom stereocenters. The van der Waals surface area contributed by atoms with E-state index in [2.05, 4.69) is 13.0 Å². The number of halogens is 2. The summed E-state index contributed by atoms with van der Waals surface area (Å²) in [6.07, 6.45) is 12.3. The lowest BCUT2D eigenvalue weighted by Gasteiger charge is -2.21. The van der Waals surface area contributed by atoms with Crippen LogP contribution in [0, 0.1) is 23.5 Å². The average Bonchev–Trinajstić information content (AvgIpc) is 3.43. The maximum atomic E-state index is 15.4. The van der Waals surface area contributed by atoms with Gasteiger partial charge in [0.25, 0.3) is 0 Å². The van der Waals surface area contributed by atoms with Crippen molar-refractivity contribution in [2.24, 2.45) is 11.8 Å².